The summed E-state index contributed by atoms with van der Waals surface area (Å²) < 4.78 is 0. The Labute approximate surface area is 187 Å². The van der Waals surface area contributed by atoms with Crippen LogP contribution in [0.15, 0.2) is 18.2 Å². The second-order valence-electron chi connectivity index (χ2n) is 9.66. The molecule has 1 amide bonds. The summed E-state index contributed by atoms with van der Waals surface area (Å²) in [7, 11) is 0. The number of hydrogen-bond donors (Lipinski definition) is 3. The highest BCUT2D eigenvalue weighted by Gasteiger charge is 2.42. The number of rotatable bonds is 6. The highest BCUT2D eigenvalue weighted by Crippen LogP contribution is 2.46. The van der Waals surface area contributed by atoms with E-state index in [0.29, 0.717) is 36.2 Å². The number of hydrogen-bond acceptors (Lipinski definition) is 3. The lowest BCUT2D eigenvalue weighted by atomic mass is 9.81. The van der Waals surface area contributed by atoms with Crippen molar-refractivity contribution in [1.82, 2.24) is 10.6 Å². The van der Waals surface area contributed by atoms with E-state index in [-0.39, 0.29) is 11.3 Å². The number of nitrogens with one attached hydrogen (secondary N) is 3. The maximum absolute atomic E-state index is 12.5. The Kier molecular flexibility index (Phi) is 7.27. The number of nitrogens with zero attached hydrogens (tertiary/aromatic N) is 1. The lowest BCUT2D eigenvalue weighted by molar-refractivity contribution is -0.116. The second kappa shape index (κ2) is 9.54. The molecule has 1 aromatic rings. The molecular formula is C24H38N4OS. The van der Waals surface area contributed by atoms with E-state index in [4.69, 9.17) is 12.2 Å². The molecule has 0 aromatic heterocycles. The molecule has 0 bridgehead atoms. The molecule has 1 unspecified atom stereocenters. The first-order valence-electron chi connectivity index (χ1n) is 11.5. The summed E-state index contributed by atoms with van der Waals surface area (Å²) in [5, 5.41) is 10.3. The third-order valence-electron chi connectivity index (χ3n) is 6.85. The van der Waals surface area contributed by atoms with Gasteiger partial charge >= 0.3 is 0 Å². The summed E-state index contributed by atoms with van der Waals surface area (Å²) in [6, 6.07) is 7.63. The summed E-state index contributed by atoms with van der Waals surface area (Å²) >= 11 is 5.38. The third-order valence-corrected chi connectivity index (χ3v) is 7.11. The van der Waals surface area contributed by atoms with E-state index in [1.807, 2.05) is 6.07 Å². The number of thiocarbonyl (C=S) groups is 1. The maximum atomic E-state index is 12.5. The summed E-state index contributed by atoms with van der Waals surface area (Å²) in [5.41, 5.74) is 3.53. The molecule has 1 aliphatic carbocycles. The molecule has 0 radical (unpaired) electrons. The zero-order valence-electron chi connectivity index (χ0n) is 19.2. The van der Waals surface area contributed by atoms with Crippen LogP contribution < -0.4 is 20.9 Å². The van der Waals surface area contributed by atoms with Crippen molar-refractivity contribution in [1.29, 1.82) is 0 Å². The molecule has 3 rings (SSSR count). The molecule has 6 heteroatoms. The fraction of sp³-hybridized carbons (Fsp3) is 0.667. The smallest absolute Gasteiger partial charge is 0.226 e. The molecule has 0 saturated heterocycles. The maximum Gasteiger partial charge on any atom is 0.226 e. The van der Waals surface area contributed by atoms with Crippen LogP contribution in [-0.4, -0.2) is 35.7 Å². The molecule has 2 aliphatic rings. The Morgan fingerprint density at radius 2 is 1.93 bits per heavy atom. The fourth-order valence-electron chi connectivity index (χ4n) is 4.87. The molecule has 30 heavy (non-hydrogen) atoms. The minimum absolute atomic E-state index is 0.00400. The molecule has 1 aromatic carbocycles. The molecule has 1 aliphatic heterocycles. The van der Waals surface area contributed by atoms with Crippen LogP contribution in [0.4, 0.5) is 11.4 Å². The number of carbonyl (C=O) groups excluding carboxylic acids is 1. The average molecular weight is 431 g/mol. The van der Waals surface area contributed by atoms with E-state index >= 15 is 0 Å². The second-order valence-corrected chi connectivity index (χ2v) is 10.1. The molecule has 1 heterocycles. The standard InChI is InChI=1S/C24H38N4OS/c1-16(2)28-17(3)24(4,5)20-12-11-19(15-21(20)28)26-22(29)13-14-25-23(30)27-18-9-7-6-8-10-18/h11-12,15-18H,6-10,13-14H2,1-5H3,(H,26,29)(H2,25,27,30). The van der Waals surface area contributed by atoms with E-state index in [0.717, 1.165) is 5.69 Å². The molecule has 1 fully saturated rings. The lowest BCUT2D eigenvalue weighted by Crippen LogP contribution is -2.43. The van der Waals surface area contributed by atoms with Crippen LogP contribution in [0, 0.1) is 0 Å². The number of fused-ring (bicyclic) bond motifs is 1. The molecule has 0 spiro atoms. The van der Waals surface area contributed by atoms with Gasteiger partial charge in [-0.25, -0.2) is 0 Å². The highest BCUT2D eigenvalue weighted by atomic mass is 32.1. The van der Waals surface area contributed by atoms with Crippen molar-refractivity contribution in [3.8, 4) is 0 Å². The van der Waals surface area contributed by atoms with Gasteiger partial charge in [0.25, 0.3) is 0 Å². The van der Waals surface area contributed by atoms with Crippen LogP contribution in [0.5, 0.6) is 0 Å². The van der Waals surface area contributed by atoms with Gasteiger partial charge < -0.3 is 20.9 Å². The van der Waals surface area contributed by atoms with Crippen molar-refractivity contribution in [3.63, 3.8) is 0 Å². The minimum Gasteiger partial charge on any atom is -0.365 e. The number of amides is 1. The molecule has 1 atom stereocenters. The van der Waals surface area contributed by atoms with Crippen LogP contribution in [0.2, 0.25) is 0 Å². The van der Waals surface area contributed by atoms with E-state index < -0.39 is 0 Å². The summed E-state index contributed by atoms with van der Waals surface area (Å²) in [6.45, 7) is 11.9. The van der Waals surface area contributed by atoms with Crippen LogP contribution in [0.25, 0.3) is 0 Å². The van der Waals surface area contributed by atoms with Gasteiger partial charge in [0.05, 0.1) is 0 Å². The predicted molar refractivity (Wildman–Crippen MR) is 130 cm³/mol. The van der Waals surface area contributed by atoms with Gasteiger partial charge in [-0.2, -0.15) is 0 Å². The van der Waals surface area contributed by atoms with Crippen molar-refractivity contribution >= 4 is 34.6 Å². The molecule has 5 nitrogen and oxygen atoms in total. The Bertz CT molecular complexity index is 770. The Balaban J connectivity index is 1.52. The predicted octanol–water partition coefficient (Wildman–Crippen LogP) is 4.71. The average Bonchev–Trinajstić information content (AvgIpc) is 2.88. The Hall–Kier alpha value is -1.82. The topological polar surface area (TPSA) is 56.4 Å². The normalized spacial score (nSPS) is 20.7. The zero-order valence-corrected chi connectivity index (χ0v) is 20.0. The van der Waals surface area contributed by atoms with E-state index in [2.05, 4.69) is 67.6 Å². The first-order valence-corrected chi connectivity index (χ1v) is 11.9. The quantitative estimate of drug-likeness (QED) is 0.571. The first-order chi connectivity index (χ1) is 14.2. The highest BCUT2D eigenvalue weighted by molar-refractivity contribution is 7.80. The molecule has 166 valence electrons. The van der Waals surface area contributed by atoms with Gasteiger partial charge in [0, 0.05) is 47.9 Å². The summed E-state index contributed by atoms with van der Waals surface area (Å²) in [4.78, 5) is 14.9. The number of benzene rings is 1. The van der Waals surface area contributed by atoms with E-state index in [1.165, 1.54) is 43.4 Å². The lowest BCUT2D eigenvalue weighted by Gasteiger charge is -2.34. The van der Waals surface area contributed by atoms with Crippen LogP contribution in [0.1, 0.15) is 78.7 Å². The van der Waals surface area contributed by atoms with Crippen LogP contribution in [0.3, 0.4) is 0 Å². The largest absolute Gasteiger partial charge is 0.365 e. The van der Waals surface area contributed by atoms with E-state index in [9.17, 15) is 4.79 Å². The minimum atomic E-state index is 0.00400. The van der Waals surface area contributed by atoms with Gasteiger partial charge in [-0.15, -0.1) is 0 Å². The van der Waals surface area contributed by atoms with Crippen LogP contribution in [-0.2, 0) is 10.2 Å². The summed E-state index contributed by atoms with van der Waals surface area (Å²) in [5.74, 6) is 0.00400. The van der Waals surface area contributed by atoms with Gasteiger partial charge in [-0.05, 0) is 63.5 Å². The van der Waals surface area contributed by atoms with Crippen molar-refractivity contribution in [3.05, 3.63) is 23.8 Å². The zero-order chi connectivity index (χ0) is 21.9. The first kappa shape index (κ1) is 22.9. The van der Waals surface area contributed by atoms with Crippen molar-refractivity contribution in [2.24, 2.45) is 0 Å². The molecule has 1 saturated carbocycles. The Morgan fingerprint density at radius 3 is 2.60 bits per heavy atom. The number of anilines is 2. The SMILES string of the molecule is CC(C)N1c2cc(NC(=O)CCNC(=S)NC3CCCCC3)ccc2C(C)(C)C1C. The van der Waals surface area contributed by atoms with Crippen molar-refractivity contribution in [2.45, 2.75) is 96.7 Å². The summed E-state index contributed by atoms with van der Waals surface area (Å²) in [6.07, 6.45) is 6.63. The van der Waals surface area contributed by atoms with Crippen molar-refractivity contribution < 1.29 is 4.79 Å². The van der Waals surface area contributed by atoms with E-state index in [1.54, 1.807) is 0 Å². The van der Waals surface area contributed by atoms with Gasteiger partial charge in [-0.3, -0.25) is 4.79 Å². The van der Waals surface area contributed by atoms with Gasteiger partial charge in [0.2, 0.25) is 5.91 Å². The van der Waals surface area contributed by atoms with Gasteiger partial charge in [-0.1, -0.05) is 39.2 Å². The van der Waals surface area contributed by atoms with Crippen LogP contribution >= 0.6 is 12.2 Å². The monoisotopic (exact) mass is 430 g/mol. The molecule has 3 N–H and O–H groups in total. The third kappa shape index (κ3) is 5.08. The van der Waals surface area contributed by atoms with Gasteiger partial charge in [0.1, 0.15) is 0 Å². The fourth-order valence-corrected chi connectivity index (χ4v) is 5.14. The van der Waals surface area contributed by atoms with Gasteiger partial charge in [0.15, 0.2) is 5.11 Å². The molecular weight excluding hydrogens is 392 g/mol. The number of carbonyl (C=O) groups is 1. The Morgan fingerprint density at radius 1 is 1.23 bits per heavy atom. The van der Waals surface area contributed by atoms with Crippen molar-refractivity contribution in [2.75, 3.05) is 16.8 Å².